The fourth-order valence-corrected chi connectivity index (χ4v) is 3.89. The lowest BCUT2D eigenvalue weighted by atomic mass is 10.1. The zero-order valence-corrected chi connectivity index (χ0v) is 11.8. The number of nitrogens with zero attached hydrogens (tertiary/aromatic N) is 1. The molecule has 0 radical (unpaired) electrons. The number of nitrogens with one attached hydrogen (secondary N) is 1. The summed E-state index contributed by atoms with van der Waals surface area (Å²) < 4.78 is 1.27. The highest BCUT2D eigenvalue weighted by Crippen LogP contribution is 2.29. The van der Waals surface area contributed by atoms with E-state index in [1.54, 1.807) is 11.3 Å². The van der Waals surface area contributed by atoms with Gasteiger partial charge in [0.1, 0.15) is 5.01 Å². The van der Waals surface area contributed by atoms with Crippen LogP contribution in [-0.2, 0) is 6.54 Å². The molecular weight excluding hydrogens is 264 g/mol. The smallest absolute Gasteiger partial charge is 0.108 e. The van der Waals surface area contributed by atoms with Gasteiger partial charge in [0.2, 0.25) is 0 Å². The summed E-state index contributed by atoms with van der Waals surface area (Å²) in [6.07, 6.45) is 3.60. The van der Waals surface area contributed by atoms with Crippen LogP contribution >= 0.6 is 22.9 Å². The Hall–Kier alpha value is -0.640. The lowest BCUT2D eigenvalue weighted by Crippen LogP contribution is -2.20. The summed E-state index contributed by atoms with van der Waals surface area (Å²) in [5, 5.41) is 5.09. The third-order valence-electron chi connectivity index (χ3n) is 3.52. The summed E-state index contributed by atoms with van der Waals surface area (Å²) in [5.41, 5.74) is 1.11. The summed E-state index contributed by atoms with van der Waals surface area (Å²) in [6, 6.07) is 8.31. The minimum atomic E-state index is 0.402. The zero-order chi connectivity index (χ0) is 12.4. The second kappa shape index (κ2) is 5.55. The van der Waals surface area contributed by atoms with Crippen LogP contribution in [0.4, 0.5) is 0 Å². The molecule has 0 amide bonds. The SMILES string of the molecule is ClC1CCC(CNCc2nc3ccccc3s2)C1. The van der Waals surface area contributed by atoms with E-state index < -0.39 is 0 Å². The molecule has 0 saturated heterocycles. The van der Waals surface area contributed by atoms with Gasteiger partial charge in [-0.25, -0.2) is 4.98 Å². The van der Waals surface area contributed by atoms with E-state index >= 15 is 0 Å². The van der Waals surface area contributed by atoms with E-state index in [-0.39, 0.29) is 0 Å². The summed E-state index contributed by atoms with van der Waals surface area (Å²) in [6.45, 7) is 1.95. The van der Waals surface area contributed by atoms with Crippen LogP contribution in [0.15, 0.2) is 24.3 Å². The Morgan fingerprint density at radius 2 is 2.22 bits per heavy atom. The molecule has 1 saturated carbocycles. The second-order valence-corrected chi connectivity index (χ2v) is 6.72. The van der Waals surface area contributed by atoms with E-state index in [0.29, 0.717) is 5.38 Å². The van der Waals surface area contributed by atoms with E-state index in [9.17, 15) is 0 Å². The van der Waals surface area contributed by atoms with Gasteiger partial charge >= 0.3 is 0 Å². The van der Waals surface area contributed by atoms with Crippen LogP contribution < -0.4 is 5.32 Å². The van der Waals surface area contributed by atoms with Crippen LogP contribution in [-0.4, -0.2) is 16.9 Å². The monoisotopic (exact) mass is 280 g/mol. The van der Waals surface area contributed by atoms with Crippen LogP contribution in [0, 0.1) is 5.92 Å². The Morgan fingerprint density at radius 1 is 1.33 bits per heavy atom. The predicted molar refractivity (Wildman–Crippen MR) is 78.3 cm³/mol. The summed E-state index contributed by atoms with van der Waals surface area (Å²) in [4.78, 5) is 4.62. The molecule has 0 spiro atoms. The normalized spacial score (nSPS) is 23.8. The number of aromatic nitrogens is 1. The van der Waals surface area contributed by atoms with Crippen molar-refractivity contribution in [1.82, 2.24) is 10.3 Å². The van der Waals surface area contributed by atoms with E-state index in [0.717, 1.165) is 30.9 Å². The van der Waals surface area contributed by atoms with Crippen molar-refractivity contribution in [2.75, 3.05) is 6.54 Å². The zero-order valence-electron chi connectivity index (χ0n) is 10.2. The second-order valence-electron chi connectivity index (χ2n) is 4.98. The van der Waals surface area contributed by atoms with Crippen molar-refractivity contribution in [2.45, 2.75) is 31.2 Å². The molecule has 4 heteroatoms. The van der Waals surface area contributed by atoms with E-state index in [1.807, 2.05) is 6.07 Å². The third-order valence-corrected chi connectivity index (χ3v) is 4.96. The number of fused-ring (bicyclic) bond motifs is 1. The summed E-state index contributed by atoms with van der Waals surface area (Å²) >= 11 is 7.90. The molecule has 2 aromatic rings. The van der Waals surface area contributed by atoms with Crippen molar-refractivity contribution in [3.63, 3.8) is 0 Å². The molecule has 2 unspecified atom stereocenters. The van der Waals surface area contributed by atoms with Gasteiger partial charge in [0.25, 0.3) is 0 Å². The van der Waals surface area contributed by atoms with Crippen molar-refractivity contribution in [3.05, 3.63) is 29.3 Å². The molecule has 1 heterocycles. The fraction of sp³-hybridized carbons (Fsp3) is 0.500. The molecule has 1 aliphatic rings. The van der Waals surface area contributed by atoms with Crippen LogP contribution in [0.5, 0.6) is 0 Å². The highest BCUT2D eigenvalue weighted by molar-refractivity contribution is 7.18. The van der Waals surface area contributed by atoms with E-state index in [2.05, 4.69) is 28.5 Å². The molecule has 1 aromatic carbocycles. The minimum Gasteiger partial charge on any atom is -0.310 e. The average Bonchev–Trinajstić information content (AvgIpc) is 2.95. The van der Waals surface area contributed by atoms with Gasteiger partial charge in [0.15, 0.2) is 0 Å². The van der Waals surface area contributed by atoms with Gasteiger partial charge < -0.3 is 5.32 Å². The number of rotatable bonds is 4. The number of hydrogen-bond acceptors (Lipinski definition) is 3. The lowest BCUT2D eigenvalue weighted by molar-refractivity contribution is 0.489. The number of benzene rings is 1. The highest BCUT2D eigenvalue weighted by atomic mass is 35.5. The van der Waals surface area contributed by atoms with Crippen molar-refractivity contribution in [1.29, 1.82) is 0 Å². The molecule has 2 atom stereocenters. The maximum absolute atomic E-state index is 6.12. The van der Waals surface area contributed by atoms with Crippen LogP contribution in [0.2, 0.25) is 0 Å². The van der Waals surface area contributed by atoms with Gasteiger partial charge in [-0.3, -0.25) is 0 Å². The van der Waals surface area contributed by atoms with Gasteiger partial charge in [-0.05, 0) is 43.9 Å². The van der Waals surface area contributed by atoms with E-state index in [1.165, 1.54) is 22.5 Å². The molecule has 1 fully saturated rings. The molecule has 96 valence electrons. The number of halogens is 1. The first kappa shape index (κ1) is 12.4. The standard InChI is InChI=1S/C14H17ClN2S/c15-11-6-5-10(7-11)8-16-9-14-17-12-3-1-2-4-13(12)18-14/h1-4,10-11,16H,5-9H2. The first-order chi connectivity index (χ1) is 8.81. The van der Waals surface area contributed by atoms with Crippen LogP contribution in [0.1, 0.15) is 24.3 Å². The number of para-hydroxylation sites is 1. The largest absolute Gasteiger partial charge is 0.310 e. The summed E-state index contributed by atoms with van der Waals surface area (Å²) in [5.74, 6) is 0.752. The molecule has 0 bridgehead atoms. The number of thiazole rings is 1. The maximum atomic E-state index is 6.12. The molecule has 0 aliphatic heterocycles. The first-order valence-electron chi connectivity index (χ1n) is 6.50. The average molecular weight is 281 g/mol. The maximum Gasteiger partial charge on any atom is 0.108 e. The number of hydrogen-bond donors (Lipinski definition) is 1. The molecule has 1 N–H and O–H groups in total. The molecule has 2 nitrogen and oxygen atoms in total. The van der Waals surface area contributed by atoms with Crippen molar-refractivity contribution >= 4 is 33.2 Å². The fourth-order valence-electron chi connectivity index (χ4n) is 2.58. The Kier molecular flexibility index (Phi) is 3.83. The van der Waals surface area contributed by atoms with Gasteiger partial charge in [0.05, 0.1) is 10.2 Å². The number of alkyl halides is 1. The molecule has 18 heavy (non-hydrogen) atoms. The molecule has 3 rings (SSSR count). The van der Waals surface area contributed by atoms with Crippen molar-refractivity contribution in [2.24, 2.45) is 5.92 Å². The molecule has 1 aromatic heterocycles. The lowest BCUT2D eigenvalue weighted by Gasteiger charge is -2.09. The molecular formula is C14H17ClN2S. The first-order valence-corrected chi connectivity index (χ1v) is 7.76. The minimum absolute atomic E-state index is 0.402. The topological polar surface area (TPSA) is 24.9 Å². The van der Waals surface area contributed by atoms with Crippen LogP contribution in [0.25, 0.3) is 10.2 Å². The van der Waals surface area contributed by atoms with Crippen molar-refractivity contribution in [3.8, 4) is 0 Å². The quantitative estimate of drug-likeness (QED) is 0.862. The van der Waals surface area contributed by atoms with Gasteiger partial charge in [-0.1, -0.05) is 12.1 Å². The Labute approximate surface area is 116 Å². The highest BCUT2D eigenvalue weighted by Gasteiger charge is 2.22. The van der Waals surface area contributed by atoms with Gasteiger partial charge in [-0.15, -0.1) is 22.9 Å². The summed E-state index contributed by atoms with van der Waals surface area (Å²) in [7, 11) is 0. The van der Waals surface area contributed by atoms with Gasteiger partial charge in [0, 0.05) is 11.9 Å². The predicted octanol–water partition coefficient (Wildman–Crippen LogP) is 3.79. The van der Waals surface area contributed by atoms with Crippen molar-refractivity contribution < 1.29 is 0 Å². The van der Waals surface area contributed by atoms with E-state index in [4.69, 9.17) is 11.6 Å². The third kappa shape index (κ3) is 2.85. The van der Waals surface area contributed by atoms with Gasteiger partial charge in [-0.2, -0.15) is 0 Å². The van der Waals surface area contributed by atoms with Crippen LogP contribution in [0.3, 0.4) is 0 Å². The Balaban J connectivity index is 1.53. The Bertz CT molecular complexity index is 492. The molecule has 1 aliphatic carbocycles. The Morgan fingerprint density at radius 3 is 3.00 bits per heavy atom.